The summed E-state index contributed by atoms with van der Waals surface area (Å²) in [5, 5.41) is 4.98. The highest BCUT2D eigenvalue weighted by atomic mass is 15.2. The molecule has 11 aromatic carbocycles. The second-order valence-corrected chi connectivity index (χ2v) is 16.2. The van der Waals surface area contributed by atoms with Gasteiger partial charge in [-0.1, -0.05) is 194 Å². The summed E-state index contributed by atoms with van der Waals surface area (Å²) < 4.78 is 0. The predicted molar refractivity (Wildman–Crippen MR) is 273 cm³/mol. The molecule has 0 unspecified atom stereocenters. The second kappa shape index (κ2) is 17.1. The minimum Gasteiger partial charge on any atom is -0.310 e. The number of benzene rings is 11. The minimum absolute atomic E-state index is 1.06. The summed E-state index contributed by atoms with van der Waals surface area (Å²) in [6.07, 6.45) is 0. The lowest BCUT2D eigenvalue weighted by Gasteiger charge is -2.30. The van der Waals surface area contributed by atoms with Crippen LogP contribution in [0.4, 0.5) is 34.1 Å². The van der Waals surface area contributed by atoms with E-state index >= 15 is 0 Å². The van der Waals surface area contributed by atoms with E-state index in [-0.39, 0.29) is 0 Å². The number of anilines is 6. The third-order valence-corrected chi connectivity index (χ3v) is 12.2. The third kappa shape index (κ3) is 7.59. The van der Waals surface area contributed by atoms with Crippen LogP contribution in [0.5, 0.6) is 0 Å². The minimum atomic E-state index is 1.06. The lowest BCUT2D eigenvalue weighted by atomic mass is 9.92. The zero-order chi connectivity index (χ0) is 42.7. The average molecular weight is 817 g/mol. The largest absolute Gasteiger partial charge is 0.310 e. The van der Waals surface area contributed by atoms with Gasteiger partial charge in [0.05, 0.1) is 0 Å². The van der Waals surface area contributed by atoms with Crippen LogP contribution >= 0.6 is 0 Å². The molecule has 11 aromatic rings. The molecule has 0 radical (unpaired) electrons. The SMILES string of the molecule is c1ccc(-c2ccc(N(c3ccc(-c4cccc5c(-c6ccc7ccccc7c6)cccc45)cc3)c3cccc(N(c4ccccc4)c4cccc(-c5ccccc5)c4)c3)cc2)cc1. The van der Waals surface area contributed by atoms with Crippen molar-refractivity contribution in [3.05, 3.63) is 267 Å². The van der Waals surface area contributed by atoms with E-state index in [0.717, 1.165) is 34.1 Å². The molecule has 2 nitrogen and oxygen atoms in total. The van der Waals surface area contributed by atoms with Crippen LogP contribution < -0.4 is 9.80 Å². The molecule has 0 aliphatic rings. The Morgan fingerprint density at radius 1 is 0.188 bits per heavy atom. The first kappa shape index (κ1) is 38.5. The molecule has 0 atom stereocenters. The average Bonchev–Trinajstić information content (AvgIpc) is 3.37. The van der Waals surface area contributed by atoms with E-state index < -0.39 is 0 Å². The lowest BCUT2D eigenvalue weighted by Crippen LogP contribution is -2.13. The molecular formula is C62H44N2. The quantitative estimate of drug-likeness (QED) is 0.136. The molecule has 0 fully saturated rings. The lowest BCUT2D eigenvalue weighted by molar-refractivity contribution is 1.25. The Balaban J connectivity index is 1.00. The van der Waals surface area contributed by atoms with E-state index in [9.17, 15) is 0 Å². The van der Waals surface area contributed by atoms with Crippen molar-refractivity contribution in [3.63, 3.8) is 0 Å². The monoisotopic (exact) mass is 816 g/mol. The van der Waals surface area contributed by atoms with Gasteiger partial charge in [-0.15, -0.1) is 0 Å². The summed E-state index contributed by atoms with van der Waals surface area (Å²) >= 11 is 0. The van der Waals surface area contributed by atoms with Crippen LogP contribution in [0.3, 0.4) is 0 Å². The van der Waals surface area contributed by atoms with Gasteiger partial charge < -0.3 is 9.80 Å². The van der Waals surface area contributed by atoms with E-state index in [1.165, 1.54) is 66.1 Å². The number of nitrogens with zero attached hydrogens (tertiary/aromatic N) is 2. The molecule has 302 valence electrons. The molecule has 0 N–H and O–H groups in total. The van der Waals surface area contributed by atoms with Crippen molar-refractivity contribution in [2.45, 2.75) is 0 Å². The summed E-state index contributed by atoms with van der Waals surface area (Å²) in [5.41, 5.74) is 16.0. The summed E-state index contributed by atoms with van der Waals surface area (Å²) in [5.74, 6) is 0. The van der Waals surface area contributed by atoms with Crippen LogP contribution in [-0.4, -0.2) is 0 Å². The third-order valence-electron chi connectivity index (χ3n) is 12.2. The first-order valence-electron chi connectivity index (χ1n) is 21.9. The smallest absolute Gasteiger partial charge is 0.0482 e. The Bertz CT molecular complexity index is 3360. The van der Waals surface area contributed by atoms with Gasteiger partial charge in [0.2, 0.25) is 0 Å². The van der Waals surface area contributed by atoms with Crippen LogP contribution in [0, 0.1) is 0 Å². The van der Waals surface area contributed by atoms with E-state index in [4.69, 9.17) is 0 Å². The Hall–Kier alpha value is -8.46. The molecule has 0 aromatic heterocycles. The topological polar surface area (TPSA) is 6.48 Å². The summed E-state index contributed by atoms with van der Waals surface area (Å²) in [7, 11) is 0. The van der Waals surface area contributed by atoms with Gasteiger partial charge in [0.15, 0.2) is 0 Å². The molecule has 64 heavy (non-hydrogen) atoms. The maximum Gasteiger partial charge on any atom is 0.0482 e. The van der Waals surface area contributed by atoms with Crippen molar-refractivity contribution in [2.24, 2.45) is 0 Å². The molecule has 0 spiro atoms. The van der Waals surface area contributed by atoms with Gasteiger partial charge in [0.25, 0.3) is 0 Å². The Morgan fingerprint density at radius 2 is 0.578 bits per heavy atom. The highest BCUT2D eigenvalue weighted by Crippen LogP contribution is 2.43. The molecular weight excluding hydrogens is 773 g/mol. The van der Waals surface area contributed by atoms with Crippen molar-refractivity contribution in [1.82, 2.24) is 0 Å². The molecule has 11 rings (SSSR count). The molecule has 0 heterocycles. The number of para-hydroxylation sites is 1. The standard InChI is InChI=1S/C62H44N2/c1-4-16-45(17-5-1)48-34-38-54(39-35-48)63(57-26-13-27-58(44-57)64(53-23-8-3-9-24-53)56-25-12-22-51(43-56)46-18-6-2-7-19-46)55-40-36-49(37-41-55)59-28-14-31-62-60(29-15-30-61(59)62)52-33-32-47-20-10-11-21-50(47)42-52/h1-44H. The van der Waals surface area contributed by atoms with Gasteiger partial charge in [-0.2, -0.15) is 0 Å². The Labute approximate surface area is 375 Å². The molecule has 0 amide bonds. The van der Waals surface area contributed by atoms with E-state index in [0.29, 0.717) is 0 Å². The predicted octanol–water partition coefficient (Wildman–Crippen LogP) is 17.6. The van der Waals surface area contributed by atoms with Crippen molar-refractivity contribution in [1.29, 1.82) is 0 Å². The maximum atomic E-state index is 2.37. The molecule has 0 aliphatic heterocycles. The molecule has 2 heteroatoms. The van der Waals surface area contributed by atoms with E-state index in [1.54, 1.807) is 0 Å². The Kier molecular flexibility index (Phi) is 10.3. The van der Waals surface area contributed by atoms with Gasteiger partial charge in [-0.05, 0) is 139 Å². The molecule has 0 aliphatic carbocycles. The number of hydrogen-bond acceptors (Lipinski definition) is 2. The number of hydrogen-bond donors (Lipinski definition) is 0. The molecule has 0 saturated heterocycles. The highest BCUT2D eigenvalue weighted by molar-refractivity contribution is 6.05. The summed E-state index contributed by atoms with van der Waals surface area (Å²) in [6, 6.07) is 96.3. The fourth-order valence-corrected chi connectivity index (χ4v) is 9.09. The van der Waals surface area contributed by atoms with Crippen molar-refractivity contribution >= 4 is 55.7 Å². The van der Waals surface area contributed by atoms with Crippen molar-refractivity contribution < 1.29 is 0 Å². The van der Waals surface area contributed by atoms with Gasteiger partial charge in [0.1, 0.15) is 0 Å². The fourth-order valence-electron chi connectivity index (χ4n) is 9.09. The zero-order valence-corrected chi connectivity index (χ0v) is 35.3. The van der Waals surface area contributed by atoms with E-state index in [1.807, 2.05) is 0 Å². The molecule has 0 bridgehead atoms. The van der Waals surface area contributed by atoms with Crippen LogP contribution in [0.15, 0.2) is 267 Å². The molecule has 0 saturated carbocycles. The normalized spacial score (nSPS) is 11.1. The number of fused-ring (bicyclic) bond motifs is 2. The maximum absolute atomic E-state index is 2.37. The van der Waals surface area contributed by atoms with Gasteiger partial charge in [-0.25, -0.2) is 0 Å². The first-order chi connectivity index (χ1) is 31.7. The van der Waals surface area contributed by atoms with Crippen LogP contribution in [0.25, 0.3) is 66.1 Å². The highest BCUT2D eigenvalue weighted by Gasteiger charge is 2.19. The van der Waals surface area contributed by atoms with Crippen molar-refractivity contribution in [2.75, 3.05) is 9.80 Å². The van der Waals surface area contributed by atoms with Crippen LogP contribution in [0.2, 0.25) is 0 Å². The van der Waals surface area contributed by atoms with Gasteiger partial charge in [-0.3, -0.25) is 0 Å². The summed E-state index contributed by atoms with van der Waals surface area (Å²) in [6.45, 7) is 0. The first-order valence-corrected chi connectivity index (χ1v) is 21.9. The fraction of sp³-hybridized carbons (Fsp3) is 0. The summed E-state index contributed by atoms with van der Waals surface area (Å²) in [4.78, 5) is 4.72. The van der Waals surface area contributed by atoms with E-state index in [2.05, 4.69) is 277 Å². The number of rotatable bonds is 10. The second-order valence-electron chi connectivity index (χ2n) is 16.2. The van der Waals surface area contributed by atoms with Crippen LogP contribution in [-0.2, 0) is 0 Å². The Morgan fingerprint density at radius 3 is 1.20 bits per heavy atom. The zero-order valence-electron chi connectivity index (χ0n) is 35.3. The van der Waals surface area contributed by atoms with Crippen molar-refractivity contribution in [3.8, 4) is 44.5 Å². The van der Waals surface area contributed by atoms with Gasteiger partial charge in [0, 0.05) is 34.1 Å². The van der Waals surface area contributed by atoms with Crippen LogP contribution in [0.1, 0.15) is 0 Å². The van der Waals surface area contributed by atoms with Gasteiger partial charge >= 0.3 is 0 Å².